The van der Waals surface area contributed by atoms with E-state index in [2.05, 4.69) is 181 Å². The monoisotopic (exact) mass is 664 g/mol. The predicted octanol–water partition coefficient (Wildman–Crippen LogP) is 9.51. The fourth-order valence-corrected chi connectivity index (χ4v) is 10.4. The Balaban J connectivity index is 1.44. The van der Waals surface area contributed by atoms with E-state index in [1.165, 1.54) is 87.6 Å². The molecule has 0 N–H and O–H groups in total. The van der Waals surface area contributed by atoms with Crippen molar-refractivity contribution in [1.29, 1.82) is 0 Å². The Bertz CT molecular complexity index is 2700. The first-order valence-electron chi connectivity index (χ1n) is 17.6. The van der Waals surface area contributed by atoms with Crippen molar-refractivity contribution in [1.82, 2.24) is 0 Å². The zero-order valence-electron chi connectivity index (χ0n) is 28.8. The van der Waals surface area contributed by atoms with Gasteiger partial charge in [0.15, 0.2) is 17.6 Å². The van der Waals surface area contributed by atoms with Crippen molar-refractivity contribution in [2.75, 3.05) is 0 Å². The first-order chi connectivity index (χ1) is 24.4. The summed E-state index contributed by atoms with van der Waals surface area (Å²) in [5.74, 6) is 0. The van der Waals surface area contributed by atoms with Crippen molar-refractivity contribution in [3.63, 3.8) is 0 Å². The predicted molar refractivity (Wildman–Crippen MR) is 203 cm³/mol. The number of aryl methyl sites for hydroxylation is 4. The number of rotatable bonds is 3. The SMILES string of the molecule is Cc1ccc2[n+](c1)CC(C1c3ccccc3-c3cccc(C)[n+]31)([n+]1c(C)cccc1-c1ccccc1C)c1cc3sc4ccccc4c3cc1-2. The van der Waals surface area contributed by atoms with Crippen molar-refractivity contribution < 1.29 is 13.7 Å². The van der Waals surface area contributed by atoms with Gasteiger partial charge in [-0.05, 0) is 67.9 Å². The molecule has 0 amide bonds. The highest BCUT2D eigenvalue weighted by atomic mass is 32.1. The fraction of sp³-hybridized carbons (Fsp3) is 0.152. The number of hydrogen-bond donors (Lipinski definition) is 0. The molecule has 6 heterocycles. The third-order valence-corrected chi connectivity index (χ3v) is 12.5. The quantitative estimate of drug-likeness (QED) is 0.167. The summed E-state index contributed by atoms with van der Waals surface area (Å²) in [5.41, 5.74) is 14.9. The maximum Gasteiger partial charge on any atom is 0.318 e. The summed E-state index contributed by atoms with van der Waals surface area (Å²) in [6.07, 6.45) is 2.37. The third kappa shape index (κ3) is 4.00. The number of hydrogen-bond acceptors (Lipinski definition) is 1. The second kappa shape index (κ2) is 10.8. The average molecular weight is 665 g/mol. The maximum atomic E-state index is 2.72. The molecule has 0 fully saturated rings. The first kappa shape index (κ1) is 29.5. The molecule has 50 heavy (non-hydrogen) atoms. The highest BCUT2D eigenvalue weighted by Gasteiger charge is 2.67. The van der Waals surface area contributed by atoms with E-state index in [-0.39, 0.29) is 6.04 Å². The van der Waals surface area contributed by atoms with Crippen LogP contribution < -0.4 is 13.7 Å². The molecule has 4 aromatic heterocycles. The van der Waals surface area contributed by atoms with Crippen LogP contribution in [0.5, 0.6) is 0 Å². The minimum Gasteiger partial charge on any atom is -0.190 e. The van der Waals surface area contributed by atoms with Gasteiger partial charge in [-0.1, -0.05) is 54.6 Å². The second-order valence-corrected chi connectivity index (χ2v) is 15.3. The summed E-state index contributed by atoms with van der Waals surface area (Å²) in [6, 6.07) is 50.3. The summed E-state index contributed by atoms with van der Waals surface area (Å²) in [7, 11) is 0. The first-order valence-corrected chi connectivity index (χ1v) is 18.4. The van der Waals surface area contributed by atoms with Crippen LogP contribution in [0.3, 0.4) is 0 Å². The molecule has 0 aliphatic carbocycles. The van der Waals surface area contributed by atoms with E-state index in [4.69, 9.17) is 0 Å². The molecule has 2 unspecified atom stereocenters. The minimum absolute atomic E-state index is 0.0180. The van der Waals surface area contributed by atoms with Crippen LogP contribution in [0.4, 0.5) is 0 Å². The molecule has 4 heteroatoms. The molecule has 2 aliphatic rings. The molecule has 2 atom stereocenters. The van der Waals surface area contributed by atoms with E-state index in [0.29, 0.717) is 0 Å². The van der Waals surface area contributed by atoms with E-state index in [9.17, 15) is 0 Å². The van der Waals surface area contributed by atoms with Gasteiger partial charge in [0.25, 0.3) is 6.04 Å². The van der Waals surface area contributed by atoms with Crippen LogP contribution in [0.25, 0.3) is 53.9 Å². The van der Waals surface area contributed by atoms with Gasteiger partial charge < -0.3 is 0 Å². The van der Waals surface area contributed by atoms with Crippen LogP contribution in [0.2, 0.25) is 0 Å². The van der Waals surface area contributed by atoms with Crippen LogP contribution in [-0.4, -0.2) is 0 Å². The van der Waals surface area contributed by atoms with Crippen molar-refractivity contribution in [2.45, 2.75) is 45.8 Å². The van der Waals surface area contributed by atoms with Crippen LogP contribution in [0, 0.1) is 27.7 Å². The topological polar surface area (TPSA) is 11.6 Å². The van der Waals surface area contributed by atoms with Crippen molar-refractivity contribution in [2.24, 2.45) is 0 Å². The number of fused-ring (bicyclic) bond motifs is 9. The third-order valence-electron chi connectivity index (χ3n) is 11.3. The number of nitrogens with zero attached hydrogens (tertiary/aromatic N) is 3. The largest absolute Gasteiger partial charge is 0.318 e. The van der Waals surface area contributed by atoms with Crippen molar-refractivity contribution in [3.8, 4) is 33.8 Å². The van der Waals surface area contributed by atoms with Gasteiger partial charge in [0.1, 0.15) is 0 Å². The molecule has 4 aromatic carbocycles. The Morgan fingerprint density at radius 2 is 1.32 bits per heavy atom. The smallest absolute Gasteiger partial charge is 0.190 e. The van der Waals surface area contributed by atoms with Crippen LogP contribution in [0.15, 0.2) is 140 Å². The number of thiophene rings is 1. The molecule has 0 saturated carbocycles. The zero-order valence-corrected chi connectivity index (χ0v) is 29.6. The highest BCUT2D eigenvalue weighted by molar-refractivity contribution is 7.25. The van der Waals surface area contributed by atoms with Gasteiger partial charge in [0, 0.05) is 81.0 Å². The van der Waals surface area contributed by atoms with Gasteiger partial charge >= 0.3 is 5.54 Å². The standard InChI is InChI=1S/C46H38N3S/c1-29-23-24-40-38-25-37-35-18-9-10-22-43(35)50-44(37)26-39(38)46(28-47(40)27-29,49-32(4)15-12-21-42(49)33-16-6-5-13-30(33)2)45-36-19-8-7-17-34(36)41-20-11-14-31(3)48(41)45/h5-27,45H,28H2,1-4H3/q+3. The molecular formula is C46H38N3S+3. The zero-order chi connectivity index (χ0) is 33.7. The molecular weight excluding hydrogens is 627 g/mol. The highest BCUT2D eigenvalue weighted by Crippen LogP contribution is 2.51. The van der Waals surface area contributed by atoms with Gasteiger partial charge in [-0.2, -0.15) is 13.7 Å². The van der Waals surface area contributed by atoms with E-state index in [0.717, 1.165) is 6.54 Å². The number of pyridine rings is 3. The van der Waals surface area contributed by atoms with Crippen molar-refractivity contribution in [3.05, 3.63) is 173 Å². The van der Waals surface area contributed by atoms with E-state index < -0.39 is 5.54 Å². The summed E-state index contributed by atoms with van der Waals surface area (Å²) in [4.78, 5) is 0. The lowest BCUT2D eigenvalue weighted by Crippen LogP contribution is -2.74. The number of benzene rings is 4. The molecule has 10 rings (SSSR count). The lowest BCUT2D eigenvalue weighted by Gasteiger charge is -2.35. The van der Waals surface area contributed by atoms with E-state index in [1.807, 2.05) is 11.3 Å². The van der Waals surface area contributed by atoms with Gasteiger partial charge in [-0.15, -0.1) is 11.3 Å². The van der Waals surface area contributed by atoms with Crippen molar-refractivity contribution >= 4 is 31.5 Å². The molecule has 0 radical (unpaired) electrons. The molecule has 2 aliphatic heterocycles. The van der Waals surface area contributed by atoms with Gasteiger partial charge in [0.05, 0.1) is 16.7 Å². The van der Waals surface area contributed by atoms with Gasteiger partial charge in [-0.25, -0.2) is 0 Å². The average Bonchev–Trinajstić information content (AvgIpc) is 3.67. The fourth-order valence-electron chi connectivity index (χ4n) is 9.26. The normalized spacial score (nSPS) is 17.4. The Morgan fingerprint density at radius 1 is 0.580 bits per heavy atom. The summed E-state index contributed by atoms with van der Waals surface area (Å²) in [5, 5.41) is 2.66. The Kier molecular flexibility index (Phi) is 6.35. The lowest BCUT2D eigenvalue weighted by atomic mass is 9.73. The van der Waals surface area contributed by atoms with Crippen LogP contribution in [0.1, 0.15) is 39.7 Å². The summed E-state index contributed by atoms with van der Waals surface area (Å²) < 4.78 is 10.6. The van der Waals surface area contributed by atoms with Gasteiger partial charge in [-0.3, -0.25) is 0 Å². The Labute approximate surface area is 297 Å². The number of aromatic nitrogens is 3. The maximum absolute atomic E-state index is 2.72. The van der Waals surface area contributed by atoms with Gasteiger partial charge in [0.2, 0.25) is 23.6 Å². The molecule has 240 valence electrons. The summed E-state index contributed by atoms with van der Waals surface area (Å²) >= 11 is 1.92. The Hall–Kier alpha value is -5.45. The minimum atomic E-state index is -0.549. The lowest BCUT2D eigenvalue weighted by molar-refractivity contribution is -0.870. The van der Waals surface area contributed by atoms with E-state index >= 15 is 0 Å². The van der Waals surface area contributed by atoms with Crippen LogP contribution in [-0.2, 0) is 12.1 Å². The molecule has 0 saturated heterocycles. The van der Waals surface area contributed by atoms with E-state index in [1.54, 1.807) is 0 Å². The second-order valence-electron chi connectivity index (χ2n) is 14.3. The van der Waals surface area contributed by atoms with Crippen LogP contribution >= 0.6 is 11.3 Å². The summed E-state index contributed by atoms with van der Waals surface area (Å²) in [6.45, 7) is 9.84. The Morgan fingerprint density at radius 3 is 2.18 bits per heavy atom. The molecule has 3 nitrogen and oxygen atoms in total. The molecule has 8 aromatic rings. The molecule has 0 spiro atoms. The molecule has 0 bridgehead atoms.